The maximum absolute atomic E-state index is 12.9. The van der Waals surface area contributed by atoms with Crippen molar-refractivity contribution in [3.05, 3.63) is 38.5 Å². The minimum atomic E-state index is -1.35. The van der Waals surface area contributed by atoms with Crippen molar-refractivity contribution in [3.8, 4) is 5.75 Å². The highest BCUT2D eigenvalue weighted by molar-refractivity contribution is 14.1. The smallest absolute Gasteiger partial charge is 0.356 e. The van der Waals surface area contributed by atoms with E-state index in [0.29, 0.717) is 24.0 Å². The van der Waals surface area contributed by atoms with Gasteiger partial charge in [-0.15, -0.1) is 0 Å². The molecule has 0 aromatic heterocycles. The first-order valence-electron chi connectivity index (χ1n) is 10.8. The summed E-state index contributed by atoms with van der Waals surface area (Å²) in [7, 11) is 0. The van der Waals surface area contributed by atoms with Gasteiger partial charge >= 0.3 is 11.9 Å². The van der Waals surface area contributed by atoms with Gasteiger partial charge in [0.05, 0.1) is 6.61 Å². The maximum Gasteiger partial charge on any atom is 0.356 e. The molecule has 2 aliphatic heterocycles. The number of cyclic esters (lactones) is 1. The Morgan fingerprint density at radius 2 is 2.03 bits per heavy atom. The van der Waals surface area contributed by atoms with E-state index in [1.165, 1.54) is 11.1 Å². The summed E-state index contributed by atoms with van der Waals surface area (Å²) in [6.07, 6.45) is 6.06. The molecule has 0 saturated carbocycles. The van der Waals surface area contributed by atoms with E-state index in [9.17, 15) is 9.59 Å². The largest absolute Gasteiger partial charge is 0.487 e. The number of carbonyl (C=O) groups is 2. The van der Waals surface area contributed by atoms with Gasteiger partial charge in [0, 0.05) is 20.6 Å². The van der Waals surface area contributed by atoms with E-state index in [1.807, 2.05) is 19.1 Å². The maximum atomic E-state index is 12.9. The Kier molecular flexibility index (Phi) is 5.66. The number of fused-ring (bicyclic) bond motifs is 3. The number of halogens is 1. The molecule has 3 aliphatic rings. The van der Waals surface area contributed by atoms with Crippen LogP contribution in [0.4, 0.5) is 0 Å². The van der Waals surface area contributed by atoms with Gasteiger partial charge in [-0.2, -0.15) is 0 Å². The van der Waals surface area contributed by atoms with E-state index in [0.717, 1.165) is 35.0 Å². The first kappa shape index (κ1) is 21.7. The highest BCUT2D eigenvalue weighted by Crippen LogP contribution is 2.54. The number of allylic oxidation sites excluding steroid dienone is 2. The SMILES string of the molecule is CCCCOC(=O)C1(c2cc(I)c3c(c2)OC(C)(C)[C@@H]2CC=C(C)C[C@@H]32)CC(=O)O1. The van der Waals surface area contributed by atoms with Crippen molar-refractivity contribution in [3.63, 3.8) is 0 Å². The van der Waals surface area contributed by atoms with Crippen molar-refractivity contribution in [2.75, 3.05) is 6.61 Å². The van der Waals surface area contributed by atoms with Gasteiger partial charge in [0.15, 0.2) is 0 Å². The zero-order valence-corrected chi connectivity index (χ0v) is 20.2. The number of carbonyl (C=O) groups excluding carboxylic acids is 2. The molecule has 1 aromatic carbocycles. The molecular formula is C24H29IO5. The molecule has 0 radical (unpaired) electrons. The third kappa shape index (κ3) is 3.55. The van der Waals surface area contributed by atoms with Crippen LogP contribution >= 0.6 is 22.6 Å². The van der Waals surface area contributed by atoms with E-state index in [2.05, 4.69) is 49.4 Å². The van der Waals surface area contributed by atoms with Crippen LogP contribution in [0, 0.1) is 9.49 Å². The molecule has 1 saturated heterocycles. The Morgan fingerprint density at radius 1 is 1.30 bits per heavy atom. The predicted molar refractivity (Wildman–Crippen MR) is 121 cm³/mol. The predicted octanol–water partition coefficient (Wildman–Crippen LogP) is 5.39. The number of hydrogen-bond acceptors (Lipinski definition) is 5. The van der Waals surface area contributed by atoms with Crippen molar-refractivity contribution in [1.82, 2.24) is 0 Å². The second kappa shape index (κ2) is 7.84. The molecular weight excluding hydrogens is 495 g/mol. The fourth-order valence-corrected chi connectivity index (χ4v) is 5.97. The zero-order valence-electron chi connectivity index (χ0n) is 18.0. The van der Waals surface area contributed by atoms with Gasteiger partial charge in [-0.3, -0.25) is 4.79 Å². The Labute approximate surface area is 191 Å². The summed E-state index contributed by atoms with van der Waals surface area (Å²) in [6, 6.07) is 3.87. The fraction of sp³-hybridized carbons (Fsp3) is 0.583. The molecule has 0 N–H and O–H groups in total. The summed E-state index contributed by atoms with van der Waals surface area (Å²) in [5.41, 5.74) is 1.58. The molecule has 1 fully saturated rings. The highest BCUT2D eigenvalue weighted by Gasteiger charge is 2.56. The lowest BCUT2D eigenvalue weighted by atomic mass is 9.67. The highest BCUT2D eigenvalue weighted by atomic mass is 127. The fourth-order valence-electron chi connectivity index (χ4n) is 4.97. The molecule has 1 unspecified atom stereocenters. The van der Waals surface area contributed by atoms with Crippen LogP contribution in [-0.2, 0) is 24.7 Å². The minimum Gasteiger partial charge on any atom is -0.487 e. The summed E-state index contributed by atoms with van der Waals surface area (Å²) in [6.45, 7) is 8.83. The van der Waals surface area contributed by atoms with Crippen LogP contribution in [-0.4, -0.2) is 24.1 Å². The van der Waals surface area contributed by atoms with Gasteiger partial charge in [0.25, 0.3) is 0 Å². The summed E-state index contributed by atoms with van der Waals surface area (Å²) < 4.78 is 18.4. The van der Waals surface area contributed by atoms with Crippen LogP contribution in [0.1, 0.15) is 76.8 Å². The van der Waals surface area contributed by atoms with Crippen molar-refractivity contribution >= 4 is 34.5 Å². The molecule has 2 heterocycles. The topological polar surface area (TPSA) is 61.8 Å². The molecule has 3 atom stereocenters. The molecule has 4 rings (SSSR count). The van der Waals surface area contributed by atoms with Gasteiger partial charge in [-0.25, -0.2) is 4.79 Å². The standard InChI is InChI=1S/C24H29IO5/c1-5-6-9-28-22(27)24(13-20(26)30-24)15-11-18(25)21-16-10-14(2)7-8-17(16)23(3,4)29-19(21)12-15/h7,11-12,16-17H,5-6,8-10,13H2,1-4H3/t16-,17-,24?/m1/s1. The monoisotopic (exact) mass is 524 g/mol. The minimum absolute atomic E-state index is 0.00408. The Hall–Kier alpha value is -1.57. The van der Waals surface area contributed by atoms with Crippen LogP contribution in [0.25, 0.3) is 0 Å². The first-order chi connectivity index (χ1) is 14.2. The van der Waals surface area contributed by atoms with E-state index < -0.39 is 11.6 Å². The Balaban J connectivity index is 1.74. The molecule has 0 spiro atoms. The van der Waals surface area contributed by atoms with E-state index >= 15 is 0 Å². The molecule has 162 valence electrons. The van der Waals surface area contributed by atoms with E-state index in [1.54, 1.807) is 0 Å². The molecule has 30 heavy (non-hydrogen) atoms. The van der Waals surface area contributed by atoms with E-state index in [4.69, 9.17) is 14.2 Å². The lowest BCUT2D eigenvalue weighted by molar-refractivity contribution is -0.210. The van der Waals surface area contributed by atoms with Crippen LogP contribution in [0.15, 0.2) is 23.8 Å². The molecule has 0 bridgehead atoms. The molecule has 6 heteroatoms. The van der Waals surface area contributed by atoms with E-state index in [-0.39, 0.29) is 18.0 Å². The zero-order chi connectivity index (χ0) is 21.7. The normalized spacial score (nSPS) is 28.8. The van der Waals surface area contributed by atoms with Crippen molar-refractivity contribution < 1.29 is 23.8 Å². The van der Waals surface area contributed by atoms with Crippen molar-refractivity contribution in [2.45, 2.75) is 76.9 Å². The summed E-state index contributed by atoms with van der Waals surface area (Å²) in [5, 5.41) is 0. The number of ether oxygens (including phenoxy) is 3. The Morgan fingerprint density at radius 3 is 2.70 bits per heavy atom. The van der Waals surface area contributed by atoms with Crippen LogP contribution in [0.3, 0.4) is 0 Å². The van der Waals surface area contributed by atoms with Crippen molar-refractivity contribution in [2.24, 2.45) is 5.92 Å². The number of unbranched alkanes of at least 4 members (excludes halogenated alkanes) is 1. The second-order valence-electron chi connectivity index (χ2n) is 9.25. The number of esters is 2. The first-order valence-corrected chi connectivity index (χ1v) is 11.8. The van der Waals surface area contributed by atoms with Gasteiger partial charge in [0.1, 0.15) is 17.8 Å². The molecule has 0 amide bonds. The van der Waals surface area contributed by atoms with Gasteiger partial charge in [-0.1, -0.05) is 25.0 Å². The van der Waals surface area contributed by atoms with Gasteiger partial charge in [-0.05, 0) is 80.7 Å². The number of benzene rings is 1. The van der Waals surface area contributed by atoms with Gasteiger partial charge in [0.2, 0.25) is 5.60 Å². The Bertz CT molecular complexity index is 908. The number of hydrogen-bond donors (Lipinski definition) is 0. The molecule has 1 aromatic rings. The van der Waals surface area contributed by atoms with Crippen LogP contribution in [0.2, 0.25) is 0 Å². The second-order valence-corrected chi connectivity index (χ2v) is 10.4. The average Bonchev–Trinajstić information content (AvgIpc) is 2.64. The summed E-state index contributed by atoms with van der Waals surface area (Å²) in [5.74, 6) is 0.704. The summed E-state index contributed by atoms with van der Waals surface area (Å²) >= 11 is 2.33. The summed E-state index contributed by atoms with van der Waals surface area (Å²) in [4.78, 5) is 24.6. The van der Waals surface area contributed by atoms with Crippen molar-refractivity contribution in [1.29, 1.82) is 0 Å². The van der Waals surface area contributed by atoms with Gasteiger partial charge < -0.3 is 14.2 Å². The number of rotatable bonds is 5. The van der Waals surface area contributed by atoms with Crippen LogP contribution < -0.4 is 4.74 Å². The lowest BCUT2D eigenvalue weighted by Crippen LogP contribution is -2.52. The molecule has 5 nitrogen and oxygen atoms in total. The molecule has 1 aliphatic carbocycles. The average molecular weight is 524 g/mol. The quantitative estimate of drug-likeness (QED) is 0.224. The third-order valence-electron chi connectivity index (χ3n) is 6.68. The lowest BCUT2D eigenvalue weighted by Gasteiger charge is -2.48. The van der Waals surface area contributed by atoms with Crippen LogP contribution in [0.5, 0.6) is 5.75 Å². The third-order valence-corrected chi connectivity index (χ3v) is 7.58.